The number of aromatic amines is 1. The first kappa shape index (κ1) is 15.6. The van der Waals surface area contributed by atoms with Crippen LogP contribution in [-0.2, 0) is 21.1 Å². The number of carboxylic acids is 1. The number of H-pyrrole nitrogens is 1. The average Bonchev–Trinajstić information content (AvgIpc) is 2.69. The fraction of sp³-hybridized carbons (Fsp3) is 0.400. The van der Waals surface area contributed by atoms with Crippen molar-refractivity contribution in [2.24, 2.45) is 5.92 Å². The number of aliphatic carboxylic acids is 1. The summed E-state index contributed by atoms with van der Waals surface area (Å²) in [5.74, 6) is -1.30. The van der Waals surface area contributed by atoms with Gasteiger partial charge in [0.05, 0.1) is 10.8 Å². The fourth-order valence-electron chi connectivity index (χ4n) is 2.51. The highest BCUT2D eigenvalue weighted by molar-refractivity contribution is 7.90. The summed E-state index contributed by atoms with van der Waals surface area (Å²) in [4.78, 5) is 14.7. The molecule has 2 aromatic rings. The first-order valence-electron chi connectivity index (χ1n) is 6.78. The molecule has 2 N–H and O–H groups in total. The van der Waals surface area contributed by atoms with Crippen LogP contribution in [0.25, 0.3) is 10.9 Å². The molecule has 1 heterocycles. The van der Waals surface area contributed by atoms with Crippen LogP contribution in [0, 0.1) is 12.8 Å². The van der Waals surface area contributed by atoms with Crippen LogP contribution in [0.5, 0.6) is 0 Å². The molecule has 5 nitrogen and oxygen atoms in total. The molecular weight excluding hydrogens is 290 g/mol. The van der Waals surface area contributed by atoms with Crippen molar-refractivity contribution in [3.8, 4) is 0 Å². The normalized spacial score (nSPS) is 13.5. The Bertz CT molecular complexity index is 789. The molecule has 0 saturated heterocycles. The van der Waals surface area contributed by atoms with Crippen LogP contribution in [0.1, 0.15) is 24.6 Å². The zero-order chi connectivity index (χ0) is 15.8. The Morgan fingerprint density at radius 1 is 1.38 bits per heavy atom. The first-order valence-corrected chi connectivity index (χ1v) is 8.67. The predicted octanol–water partition coefficient (Wildman–Crippen LogP) is 2.53. The number of hydrogen-bond acceptors (Lipinski definition) is 3. The maximum atomic E-state index is 11.7. The number of carbonyl (C=O) groups is 1. The van der Waals surface area contributed by atoms with Crippen molar-refractivity contribution in [3.05, 3.63) is 29.5 Å². The predicted molar refractivity (Wildman–Crippen MR) is 81.3 cm³/mol. The Balaban J connectivity index is 2.57. The van der Waals surface area contributed by atoms with Gasteiger partial charge in [-0.3, -0.25) is 4.79 Å². The first-order chi connectivity index (χ1) is 9.74. The summed E-state index contributed by atoms with van der Waals surface area (Å²) in [7, 11) is -3.28. The number of nitrogens with one attached hydrogen (secondary N) is 1. The van der Waals surface area contributed by atoms with E-state index in [4.69, 9.17) is 0 Å². The van der Waals surface area contributed by atoms with Gasteiger partial charge in [0.1, 0.15) is 0 Å². The van der Waals surface area contributed by atoms with Crippen LogP contribution in [0.3, 0.4) is 0 Å². The van der Waals surface area contributed by atoms with Gasteiger partial charge in [-0.05, 0) is 43.5 Å². The maximum absolute atomic E-state index is 11.7. The highest BCUT2D eigenvalue weighted by atomic mass is 32.2. The van der Waals surface area contributed by atoms with Gasteiger partial charge in [0.15, 0.2) is 9.84 Å². The molecule has 1 aromatic heterocycles. The maximum Gasteiger partial charge on any atom is 0.306 e. The highest BCUT2D eigenvalue weighted by Gasteiger charge is 2.20. The second kappa shape index (κ2) is 5.52. The summed E-state index contributed by atoms with van der Waals surface area (Å²) in [6, 6.07) is 4.91. The molecule has 2 rings (SSSR count). The third-order valence-electron chi connectivity index (χ3n) is 3.81. The molecular formula is C15H19NO4S. The molecule has 1 aromatic carbocycles. The van der Waals surface area contributed by atoms with Crippen LogP contribution in [0.15, 0.2) is 23.1 Å². The van der Waals surface area contributed by atoms with E-state index in [0.29, 0.717) is 12.8 Å². The summed E-state index contributed by atoms with van der Waals surface area (Å²) in [5, 5.41) is 10.00. The number of aromatic nitrogens is 1. The van der Waals surface area contributed by atoms with E-state index in [1.165, 1.54) is 6.26 Å². The lowest BCUT2D eigenvalue weighted by Crippen LogP contribution is -2.15. The average molecular weight is 309 g/mol. The van der Waals surface area contributed by atoms with Crippen LogP contribution in [0.4, 0.5) is 0 Å². The lowest BCUT2D eigenvalue weighted by molar-refractivity contribution is -0.141. The van der Waals surface area contributed by atoms with Crippen molar-refractivity contribution >= 4 is 26.7 Å². The van der Waals surface area contributed by atoms with E-state index < -0.39 is 21.7 Å². The summed E-state index contributed by atoms with van der Waals surface area (Å²) in [6.07, 6.45) is 2.09. The minimum absolute atomic E-state index is 0.249. The van der Waals surface area contributed by atoms with Crippen LogP contribution >= 0.6 is 0 Å². The zero-order valence-corrected chi connectivity index (χ0v) is 13.1. The Morgan fingerprint density at radius 3 is 2.57 bits per heavy atom. The van der Waals surface area contributed by atoms with Gasteiger partial charge >= 0.3 is 5.97 Å². The van der Waals surface area contributed by atoms with Gasteiger partial charge in [-0.2, -0.15) is 0 Å². The largest absolute Gasteiger partial charge is 0.481 e. The number of sulfone groups is 1. The van der Waals surface area contributed by atoms with Gasteiger partial charge in [-0.15, -0.1) is 0 Å². The molecule has 1 unspecified atom stereocenters. The van der Waals surface area contributed by atoms with Gasteiger partial charge in [0, 0.05) is 22.9 Å². The summed E-state index contributed by atoms with van der Waals surface area (Å²) in [5.41, 5.74) is 2.59. The topological polar surface area (TPSA) is 87.2 Å². The third-order valence-corrected chi connectivity index (χ3v) is 4.92. The molecule has 6 heteroatoms. The van der Waals surface area contributed by atoms with Gasteiger partial charge in [-0.1, -0.05) is 6.92 Å². The molecule has 0 radical (unpaired) electrons. The van der Waals surface area contributed by atoms with Crippen molar-refractivity contribution < 1.29 is 18.3 Å². The minimum Gasteiger partial charge on any atom is -0.481 e. The van der Waals surface area contributed by atoms with Gasteiger partial charge in [0.25, 0.3) is 0 Å². The quantitative estimate of drug-likeness (QED) is 0.888. The summed E-state index contributed by atoms with van der Waals surface area (Å²) >= 11 is 0. The van der Waals surface area contributed by atoms with E-state index in [-0.39, 0.29) is 4.90 Å². The van der Waals surface area contributed by atoms with Gasteiger partial charge < -0.3 is 10.1 Å². The van der Waals surface area contributed by atoms with Crippen molar-refractivity contribution in [1.82, 2.24) is 4.98 Å². The van der Waals surface area contributed by atoms with E-state index in [2.05, 4.69) is 4.98 Å². The Hall–Kier alpha value is -1.82. The number of hydrogen-bond donors (Lipinski definition) is 2. The van der Waals surface area contributed by atoms with Crippen molar-refractivity contribution in [2.45, 2.75) is 31.6 Å². The van der Waals surface area contributed by atoms with Crippen LogP contribution in [-0.4, -0.2) is 30.7 Å². The van der Waals surface area contributed by atoms with E-state index >= 15 is 0 Å². The second-order valence-corrected chi connectivity index (χ2v) is 7.37. The summed E-state index contributed by atoms with van der Waals surface area (Å²) in [6.45, 7) is 3.72. The van der Waals surface area contributed by atoms with E-state index in [9.17, 15) is 18.3 Å². The highest BCUT2D eigenvalue weighted by Crippen LogP contribution is 2.28. The minimum atomic E-state index is -3.28. The molecule has 0 aliphatic carbocycles. The van der Waals surface area contributed by atoms with Gasteiger partial charge in [0.2, 0.25) is 0 Å². The number of fused-ring (bicyclic) bond motifs is 1. The molecule has 0 bridgehead atoms. The molecule has 21 heavy (non-hydrogen) atoms. The van der Waals surface area contributed by atoms with Crippen molar-refractivity contribution in [1.29, 1.82) is 0 Å². The molecule has 1 atom stereocenters. The van der Waals surface area contributed by atoms with Crippen LogP contribution < -0.4 is 0 Å². The van der Waals surface area contributed by atoms with Crippen molar-refractivity contribution in [3.63, 3.8) is 0 Å². The van der Waals surface area contributed by atoms with Crippen molar-refractivity contribution in [2.75, 3.05) is 6.26 Å². The lowest BCUT2D eigenvalue weighted by atomic mass is 9.95. The van der Waals surface area contributed by atoms with Gasteiger partial charge in [-0.25, -0.2) is 8.42 Å². The second-order valence-electron chi connectivity index (χ2n) is 5.36. The Kier molecular flexibility index (Phi) is 4.09. The Labute approximate surface area is 123 Å². The molecule has 0 spiro atoms. The SMILES string of the molecule is CCC(Cc1c(C)[nH]c2ccc(S(C)(=O)=O)cc12)C(=O)O. The molecule has 0 aliphatic rings. The molecule has 0 fully saturated rings. The number of carboxylic acid groups (broad SMARTS) is 1. The molecule has 0 aliphatic heterocycles. The fourth-order valence-corrected chi connectivity index (χ4v) is 3.16. The standard InChI is InChI=1S/C15H19NO4S/c1-4-10(15(17)18)7-12-9(2)16-14-6-5-11(8-13(12)14)21(3,19)20/h5-6,8,10,16H,4,7H2,1-3H3,(H,17,18). The number of rotatable bonds is 5. The van der Waals surface area contributed by atoms with E-state index in [1.807, 2.05) is 13.8 Å². The number of aryl methyl sites for hydroxylation is 1. The third kappa shape index (κ3) is 3.10. The molecule has 114 valence electrons. The lowest BCUT2D eigenvalue weighted by Gasteiger charge is -2.10. The zero-order valence-electron chi connectivity index (χ0n) is 12.3. The summed E-state index contributed by atoms with van der Waals surface area (Å²) < 4.78 is 23.4. The van der Waals surface area contributed by atoms with E-state index in [0.717, 1.165) is 22.2 Å². The van der Waals surface area contributed by atoms with Crippen LogP contribution in [0.2, 0.25) is 0 Å². The molecule has 0 saturated carbocycles. The smallest absolute Gasteiger partial charge is 0.306 e. The molecule has 0 amide bonds. The Morgan fingerprint density at radius 2 is 2.05 bits per heavy atom. The van der Waals surface area contributed by atoms with E-state index in [1.54, 1.807) is 18.2 Å². The monoisotopic (exact) mass is 309 g/mol. The number of benzene rings is 1.